The molecule has 2 aliphatic heterocycles. The highest BCUT2D eigenvalue weighted by atomic mass is 19.1. The lowest BCUT2D eigenvalue weighted by atomic mass is 10.00. The summed E-state index contributed by atoms with van der Waals surface area (Å²) < 4.78 is 31.7. The van der Waals surface area contributed by atoms with Gasteiger partial charge in [0.15, 0.2) is 18.1 Å². The minimum Gasteiger partial charge on any atom is -0.493 e. The monoisotopic (exact) mass is 565 g/mol. The number of carbonyl (C=O) groups is 3. The third-order valence-corrected chi connectivity index (χ3v) is 7.12. The lowest BCUT2D eigenvalue weighted by molar-refractivity contribution is -0.133. The zero-order chi connectivity index (χ0) is 28.8. The van der Waals surface area contributed by atoms with Crippen molar-refractivity contribution in [1.82, 2.24) is 25.7 Å². The van der Waals surface area contributed by atoms with E-state index in [0.29, 0.717) is 37.1 Å². The number of aryl methyl sites for hydroxylation is 1. The van der Waals surface area contributed by atoms with Gasteiger partial charge in [-0.3, -0.25) is 19.5 Å². The highest BCUT2D eigenvalue weighted by Crippen LogP contribution is 2.29. The number of methoxy groups -OCH3 is 1. The summed E-state index contributed by atoms with van der Waals surface area (Å²) in [4.78, 5) is 40.6. The van der Waals surface area contributed by atoms with E-state index >= 15 is 0 Å². The number of rotatable bonds is 5. The van der Waals surface area contributed by atoms with Crippen LogP contribution in [-0.2, 0) is 22.6 Å². The van der Waals surface area contributed by atoms with Crippen molar-refractivity contribution in [2.75, 3.05) is 26.8 Å². The van der Waals surface area contributed by atoms with Crippen LogP contribution >= 0.6 is 0 Å². The molecule has 41 heavy (non-hydrogen) atoms. The number of halogens is 1. The first-order valence-corrected chi connectivity index (χ1v) is 13.5. The molecule has 5 rings (SSSR count). The Morgan fingerprint density at radius 3 is 2.90 bits per heavy atom. The molecular formula is C29H32FN5O6. The molecule has 1 fully saturated rings. The Bertz CT molecular complexity index is 1400. The van der Waals surface area contributed by atoms with Crippen LogP contribution in [0.4, 0.5) is 4.39 Å². The number of fused-ring (bicyclic) bond motifs is 5. The van der Waals surface area contributed by atoms with E-state index in [1.165, 1.54) is 25.3 Å². The number of piperidine rings is 1. The van der Waals surface area contributed by atoms with E-state index in [2.05, 4.69) is 20.8 Å². The average molecular weight is 566 g/mol. The maximum Gasteiger partial charge on any atom is 0.258 e. The van der Waals surface area contributed by atoms with E-state index in [0.717, 1.165) is 12.0 Å². The number of H-pyrrole nitrogens is 1. The van der Waals surface area contributed by atoms with E-state index in [-0.39, 0.29) is 42.7 Å². The molecule has 0 aliphatic carbocycles. The first-order chi connectivity index (χ1) is 19.9. The molecule has 3 N–H and O–H groups in total. The summed E-state index contributed by atoms with van der Waals surface area (Å²) in [6.07, 6.45) is 5.20. The van der Waals surface area contributed by atoms with Crippen LogP contribution in [0, 0.1) is 5.82 Å². The maximum absolute atomic E-state index is 14.5. The molecule has 3 heterocycles. The Morgan fingerprint density at radius 2 is 2.10 bits per heavy atom. The quantitative estimate of drug-likeness (QED) is 0.432. The summed E-state index contributed by atoms with van der Waals surface area (Å²) in [7, 11) is 1.46. The van der Waals surface area contributed by atoms with Gasteiger partial charge in [-0.1, -0.05) is 0 Å². The minimum absolute atomic E-state index is 0.0164. The molecule has 4 bridgehead atoms. The fourth-order valence-electron chi connectivity index (χ4n) is 5.00. The molecule has 1 aromatic heterocycles. The Kier molecular flexibility index (Phi) is 8.66. The predicted octanol–water partition coefficient (Wildman–Crippen LogP) is 2.37. The highest BCUT2D eigenvalue weighted by Gasteiger charge is 2.34. The molecule has 2 atom stereocenters. The number of nitrogens with zero attached hydrogens (tertiary/aromatic N) is 2. The van der Waals surface area contributed by atoms with E-state index < -0.39 is 29.8 Å². The zero-order valence-corrected chi connectivity index (χ0v) is 22.7. The van der Waals surface area contributed by atoms with Gasteiger partial charge >= 0.3 is 0 Å². The topological polar surface area (TPSA) is 135 Å². The number of hydrogen-bond acceptors (Lipinski definition) is 7. The van der Waals surface area contributed by atoms with Gasteiger partial charge in [0.25, 0.3) is 11.8 Å². The molecule has 0 saturated carbocycles. The van der Waals surface area contributed by atoms with Crippen LogP contribution in [0.5, 0.6) is 17.2 Å². The van der Waals surface area contributed by atoms with Crippen molar-refractivity contribution in [2.24, 2.45) is 0 Å². The average Bonchev–Trinajstić information content (AvgIpc) is 3.48. The van der Waals surface area contributed by atoms with Gasteiger partial charge in [0.2, 0.25) is 5.91 Å². The third kappa shape index (κ3) is 7.13. The molecule has 11 nitrogen and oxygen atoms in total. The first kappa shape index (κ1) is 27.9. The summed E-state index contributed by atoms with van der Waals surface area (Å²) in [5.41, 5.74) is 1.82. The first-order valence-electron chi connectivity index (χ1n) is 13.5. The second kappa shape index (κ2) is 12.7. The molecule has 0 unspecified atom stereocenters. The van der Waals surface area contributed by atoms with Gasteiger partial charge in [0, 0.05) is 50.3 Å². The number of aromatic amines is 1. The number of aromatic nitrogens is 2. The molecule has 2 aromatic carbocycles. The summed E-state index contributed by atoms with van der Waals surface area (Å²) in [6, 6.07) is 8.33. The fourth-order valence-corrected chi connectivity index (χ4v) is 5.00. The Labute approximate surface area is 236 Å². The van der Waals surface area contributed by atoms with Crippen molar-refractivity contribution in [2.45, 2.75) is 44.4 Å². The van der Waals surface area contributed by atoms with Gasteiger partial charge in [-0.05, 0) is 54.3 Å². The van der Waals surface area contributed by atoms with Crippen LogP contribution in [0.2, 0.25) is 0 Å². The SMILES string of the molecule is COc1ccc2cc1OCC(=O)NCc1cc(F)cc(c1)O[C@@H]1CCN(C(=O)CCCc3cn[nH]c3)C[C@@H]1NC2=O. The Hall–Kier alpha value is -4.61. The van der Waals surface area contributed by atoms with Gasteiger partial charge < -0.3 is 29.7 Å². The van der Waals surface area contributed by atoms with Crippen LogP contribution in [0.15, 0.2) is 48.8 Å². The van der Waals surface area contributed by atoms with Crippen molar-refractivity contribution >= 4 is 17.7 Å². The summed E-state index contributed by atoms with van der Waals surface area (Å²) >= 11 is 0. The van der Waals surface area contributed by atoms with Gasteiger partial charge in [-0.15, -0.1) is 0 Å². The molecule has 3 aromatic rings. The van der Waals surface area contributed by atoms with Crippen molar-refractivity contribution in [1.29, 1.82) is 0 Å². The van der Waals surface area contributed by atoms with Gasteiger partial charge in [-0.2, -0.15) is 5.10 Å². The van der Waals surface area contributed by atoms with Crippen molar-refractivity contribution in [3.05, 3.63) is 71.3 Å². The second-order valence-electron chi connectivity index (χ2n) is 10.1. The number of nitrogens with one attached hydrogen (secondary N) is 3. The number of benzene rings is 2. The Morgan fingerprint density at radius 1 is 1.22 bits per heavy atom. The van der Waals surface area contributed by atoms with Crippen molar-refractivity contribution in [3.63, 3.8) is 0 Å². The molecule has 2 aliphatic rings. The van der Waals surface area contributed by atoms with Crippen molar-refractivity contribution in [3.8, 4) is 17.2 Å². The molecule has 3 amide bonds. The number of amides is 3. The zero-order valence-electron chi connectivity index (χ0n) is 22.7. The van der Waals surface area contributed by atoms with E-state index in [1.807, 2.05) is 6.20 Å². The lowest BCUT2D eigenvalue weighted by Crippen LogP contribution is -2.58. The largest absolute Gasteiger partial charge is 0.493 e. The molecule has 1 saturated heterocycles. The van der Waals surface area contributed by atoms with Gasteiger partial charge in [-0.25, -0.2) is 4.39 Å². The second-order valence-corrected chi connectivity index (χ2v) is 10.1. The Balaban J connectivity index is 1.38. The van der Waals surface area contributed by atoms with Crippen molar-refractivity contribution < 1.29 is 33.0 Å². The number of likely N-dealkylation sites (tertiary alicyclic amines) is 1. The third-order valence-electron chi connectivity index (χ3n) is 7.12. The molecule has 0 spiro atoms. The standard InChI is InChI=1S/C29H32FN5O6/c1-39-25-6-5-20-11-26(25)40-17-27(36)31-13-19-9-21(30)12-22(10-19)41-24-7-8-35(16-23(24)34-29(20)38)28(37)4-2-3-18-14-32-33-15-18/h5-6,9-12,14-15,23-24H,2-4,7-8,13,16-17H2,1H3,(H,31,36)(H,32,33)(H,34,38)/t23-,24+/m0/s1. The number of carbonyl (C=O) groups excluding carboxylic acids is 3. The summed E-state index contributed by atoms with van der Waals surface area (Å²) in [5.74, 6) is -0.526. The minimum atomic E-state index is -0.570. The van der Waals surface area contributed by atoms with Crippen LogP contribution in [0.25, 0.3) is 0 Å². The van der Waals surface area contributed by atoms with E-state index in [4.69, 9.17) is 14.2 Å². The van der Waals surface area contributed by atoms with Gasteiger partial charge in [0.05, 0.1) is 19.3 Å². The van der Waals surface area contributed by atoms with Crippen LogP contribution in [-0.4, -0.2) is 71.8 Å². The van der Waals surface area contributed by atoms with E-state index in [1.54, 1.807) is 29.3 Å². The summed E-state index contributed by atoms with van der Waals surface area (Å²) in [6.45, 7) is 0.404. The summed E-state index contributed by atoms with van der Waals surface area (Å²) in [5, 5.41) is 12.4. The van der Waals surface area contributed by atoms with Crippen LogP contribution in [0.3, 0.4) is 0 Å². The van der Waals surface area contributed by atoms with Gasteiger partial charge in [0.1, 0.15) is 17.7 Å². The smallest absolute Gasteiger partial charge is 0.258 e. The van der Waals surface area contributed by atoms with Crippen LogP contribution in [0.1, 0.15) is 40.7 Å². The normalized spacial score (nSPS) is 19.2. The highest BCUT2D eigenvalue weighted by molar-refractivity contribution is 5.95. The molecule has 12 heteroatoms. The fraction of sp³-hybridized carbons (Fsp3) is 0.379. The number of hydrogen-bond donors (Lipinski definition) is 3. The maximum atomic E-state index is 14.5. The predicted molar refractivity (Wildman–Crippen MR) is 145 cm³/mol. The molecule has 216 valence electrons. The lowest BCUT2D eigenvalue weighted by Gasteiger charge is -2.39. The molecule has 0 radical (unpaired) electrons. The van der Waals surface area contributed by atoms with E-state index in [9.17, 15) is 18.8 Å². The number of ether oxygens (including phenoxy) is 3. The molecular weight excluding hydrogens is 533 g/mol. The van der Waals surface area contributed by atoms with Crippen LogP contribution < -0.4 is 24.8 Å².